The lowest BCUT2D eigenvalue weighted by atomic mass is 10.1. The molecule has 14 heavy (non-hydrogen) atoms. The van der Waals surface area contributed by atoms with Crippen LogP contribution in [-0.2, 0) is 0 Å². The summed E-state index contributed by atoms with van der Waals surface area (Å²) in [7, 11) is 0. The van der Waals surface area contributed by atoms with Gasteiger partial charge in [0.05, 0.1) is 6.04 Å². The summed E-state index contributed by atoms with van der Waals surface area (Å²) in [6.45, 7) is 7.05. The maximum Gasteiger partial charge on any atom is 0.0503 e. The standard InChI is InChI=1S/C12H16IN/c1-3-9-14-12(4-2)10-5-7-11(13)8-6-10/h4-8,12,14H,2-3,9H2,1H3. The van der Waals surface area contributed by atoms with Gasteiger partial charge in [0.1, 0.15) is 0 Å². The maximum absolute atomic E-state index is 3.85. The van der Waals surface area contributed by atoms with Crippen molar-refractivity contribution in [3.05, 3.63) is 46.1 Å². The topological polar surface area (TPSA) is 12.0 Å². The Bertz CT molecular complexity index is 279. The lowest BCUT2D eigenvalue weighted by Crippen LogP contribution is -2.19. The Kier molecular flexibility index (Phi) is 5.19. The predicted molar refractivity (Wildman–Crippen MR) is 70.4 cm³/mol. The van der Waals surface area contributed by atoms with Crippen molar-refractivity contribution < 1.29 is 0 Å². The van der Waals surface area contributed by atoms with Crippen LogP contribution < -0.4 is 5.32 Å². The molecule has 1 aromatic carbocycles. The van der Waals surface area contributed by atoms with E-state index < -0.39 is 0 Å². The molecule has 1 aromatic rings. The van der Waals surface area contributed by atoms with Crippen LogP contribution in [-0.4, -0.2) is 6.54 Å². The minimum Gasteiger partial charge on any atom is -0.307 e. The van der Waals surface area contributed by atoms with E-state index in [2.05, 4.69) is 65.7 Å². The lowest BCUT2D eigenvalue weighted by Gasteiger charge is -2.14. The van der Waals surface area contributed by atoms with Crippen LogP contribution in [0.25, 0.3) is 0 Å². The van der Waals surface area contributed by atoms with Crippen LogP contribution in [0.3, 0.4) is 0 Å². The fourth-order valence-electron chi connectivity index (χ4n) is 1.31. The fraction of sp³-hybridized carbons (Fsp3) is 0.333. The van der Waals surface area contributed by atoms with Crippen LogP contribution in [0.1, 0.15) is 24.9 Å². The van der Waals surface area contributed by atoms with Crippen molar-refractivity contribution >= 4 is 22.6 Å². The Labute approximate surface area is 99.7 Å². The minimum absolute atomic E-state index is 0.284. The molecule has 0 fully saturated rings. The van der Waals surface area contributed by atoms with Crippen molar-refractivity contribution in [2.24, 2.45) is 0 Å². The molecule has 1 N–H and O–H groups in total. The second-order valence-electron chi connectivity index (χ2n) is 3.22. The third-order valence-electron chi connectivity index (χ3n) is 2.08. The summed E-state index contributed by atoms with van der Waals surface area (Å²) in [5.74, 6) is 0. The second-order valence-corrected chi connectivity index (χ2v) is 4.46. The molecule has 0 bridgehead atoms. The van der Waals surface area contributed by atoms with Crippen molar-refractivity contribution in [2.75, 3.05) is 6.54 Å². The van der Waals surface area contributed by atoms with Gasteiger partial charge in [-0.25, -0.2) is 0 Å². The Balaban J connectivity index is 2.68. The predicted octanol–water partition coefficient (Wildman–Crippen LogP) is 3.52. The zero-order chi connectivity index (χ0) is 10.4. The van der Waals surface area contributed by atoms with E-state index in [9.17, 15) is 0 Å². The van der Waals surface area contributed by atoms with E-state index in [0.29, 0.717) is 0 Å². The zero-order valence-corrected chi connectivity index (χ0v) is 10.6. The second kappa shape index (κ2) is 6.19. The van der Waals surface area contributed by atoms with Crippen LogP contribution in [0.4, 0.5) is 0 Å². The largest absolute Gasteiger partial charge is 0.307 e. The first-order chi connectivity index (χ1) is 6.77. The van der Waals surface area contributed by atoms with Gasteiger partial charge in [-0.15, -0.1) is 6.58 Å². The van der Waals surface area contributed by atoms with Crippen molar-refractivity contribution in [1.82, 2.24) is 5.32 Å². The molecule has 0 radical (unpaired) electrons. The summed E-state index contributed by atoms with van der Waals surface area (Å²) in [6.07, 6.45) is 3.10. The van der Waals surface area contributed by atoms with Gasteiger partial charge in [-0.05, 0) is 53.3 Å². The molecule has 0 saturated carbocycles. The number of hydrogen-bond donors (Lipinski definition) is 1. The van der Waals surface area contributed by atoms with Gasteiger partial charge in [-0.2, -0.15) is 0 Å². The highest BCUT2D eigenvalue weighted by Crippen LogP contribution is 2.15. The van der Waals surface area contributed by atoms with E-state index in [4.69, 9.17) is 0 Å². The molecule has 1 atom stereocenters. The Morgan fingerprint density at radius 2 is 2.07 bits per heavy atom. The fourth-order valence-corrected chi connectivity index (χ4v) is 1.67. The monoisotopic (exact) mass is 301 g/mol. The first-order valence-corrected chi connectivity index (χ1v) is 5.97. The van der Waals surface area contributed by atoms with E-state index in [0.717, 1.165) is 13.0 Å². The molecule has 0 aliphatic rings. The molecule has 0 heterocycles. The van der Waals surface area contributed by atoms with Crippen LogP contribution in [0.2, 0.25) is 0 Å². The van der Waals surface area contributed by atoms with Crippen LogP contribution in [0.5, 0.6) is 0 Å². The van der Waals surface area contributed by atoms with Crippen LogP contribution in [0, 0.1) is 3.57 Å². The molecule has 0 aliphatic carbocycles. The molecule has 0 spiro atoms. The SMILES string of the molecule is C=CC(NCCC)c1ccc(I)cc1. The van der Waals surface area contributed by atoms with Crippen molar-refractivity contribution in [3.63, 3.8) is 0 Å². The molecule has 1 unspecified atom stereocenters. The van der Waals surface area contributed by atoms with Gasteiger partial charge in [0, 0.05) is 3.57 Å². The van der Waals surface area contributed by atoms with Gasteiger partial charge < -0.3 is 5.32 Å². The van der Waals surface area contributed by atoms with E-state index in [1.807, 2.05) is 6.08 Å². The third-order valence-corrected chi connectivity index (χ3v) is 2.80. The minimum atomic E-state index is 0.284. The highest BCUT2D eigenvalue weighted by atomic mass is 127. The van der Waals surface area contributed by atoms with E-state index >= 15 is 0 Å². The average molecular weight is 301 g/mol. The molecule has 0 aliphatic heterocycles. The Morgan fingerprint density at radius 3 is 2.57 bits per heavy atom. The van der Waals surface area contributed by atoms with Crippen molar-refractivity contribution in [2.45, 2.75) is 19.4 Å². The highest BCUT2D eigenvalue weighted by Gasteiger charge is 2.04. The third kappa shape index (κ3) is 3.42. The Hall–Kier alpha value is -0.350. The summed E-state index contributed by atoms with van der Waals surface area (Å²) in [4.78, 5) is 0. The molecule has 2 heteroatoms. The molecular weight excluding hydrogens is 285 g/mol. The van der Waals surface area contributed by atoms with Gasteiger partial charge in [0.25, 0.3) is 0 Å². The van der Waals surface area contributed by atoms with Crippen LogP contribution >= 0.6 is 22.6 Å². The van der Waals surface area contributed by atoms with E-state index in [1.165, 1.54) is 9.13 Å². The van der Waals surface area contributed by atoms with E-state index in [-0.39, 0.29) is 6.04 Å². The highest BCUT2D eigenvalue weighted by molar-refractivity contribution is 14.1. The number of hydrogen-bond acceptors (Lipinski definition) is 1. The smallest absolute Gasteiger partial charge is 0.0503 e. The molecule has 1 rings (SSSR count). The van der Waals surface area contributed by atoms with Crippen molar-refractivity contribution in [1.29, 1.82) is 0 Å². The lowest BCUT2D eigenvalue weighted by molar-refractivity contribution is 0.613. The first kappa shape index (κ1) is 11.7. The Morgan fingerprint density at radius 1 is 1.43 bits per heavy atom. The van der Waals surface area contributed by atoms with Crippen LogP contribution in [0.15, 0.2) is 36.9 Å². The van der Waals surface area contributed by atoms with Gasteiger partial charge >= 0.3 is 0 Å². The molecule has 1 nitrogen and oxygen atoms in total. The number of rotatable bonds is 5. The zero-order valence-electron chi connectivity index (χ0n) is 8.46. The first-order valence-electron chi connectivity index (χ1n) is 4.89. The maximum atomic E-state index is 3.85. The van der Waals surface area contributed by atoms with E-state index in [1.54, 1.807) is 0 Å². The quantitative estimate of drug-likeness (QED) is 0.648. The molecular formula is C12H16IN. The summed E-state index contributed by atoms with van der Waals surface area (Å²) in [5, 5.41) is 3.43. The van der Waals surface area contributed by atoms with Gasteiger partial charge in [0.15, 0.2) is 0 Å². The number of nitrogens with one attached hydrogen (secondary N) is 1. The summed E-state index contributed by atoms with van der Waals surface area (Å²) in [6, 6.07) is 8.83. The molecule has 76 valence electrons. The number of benzene rings is 1. The summed E-state index contributed by atoms with van der Waals surface area (Å²) in [5.41, 5.74) is 1.29. The van der Waals surface area contributed by atoms with Gasteiger partial charge in [-0.3, -0.25) is 0 Å². The van der Waals surface area contributed by atoms with Crippen molar-refractivity contribution in [3.8, 4) is 0 Å². The number of halogens is 1. The normalized spacial score (nSPS) is 12.4. The van der Waals surface area contributed by atoms with Gasteiger partial charge in [-0.1, -0.05) is 25.1 Å². The summed E-state index contributed by atoms with van der Waals surface area (Å²) >= 11 is 2.31. The summed E-state index contributed by atoms with van der Waals surface area (Å²) < 4.78 is 1.27. The molecule has 0 aromatic heterocycles. The molecule has 0 saturated heterocycles. The van der Waals surface area contributed by atoms with Gasteiger partial charge in [0.2, 0.25) is 0 Å². The average Bonchev–Trinajstić information content (AvgIpc) is 2.21. The molecule has 0 amide bonds.